The number of rotatable bonds is 4. The smallest absolute Gasteiger partial charge is 0.182 e. The first-order valence-electron chi connectivity index (χ1n) is 6.65. The molecular formula is C16H20N2O. The van der Waals surface area contributed by atoms with E-state index in [9.17, 15) is 4.79 Å². The van der Waals surface area contributed by atoms with E-state index in [1.54, 1.807) is 6.92 Å². The van der Waals surface area contributed by atoms with E-state index in [1.165, 1.54) is 0 Å². The Morgan fingerprint density at radius 2 is 2.05 bits per heavy atom. The number of nitrogens with two attached hydrogens (primary N) is 1. The minimum Gasteiger partial charge on any atom is -0.319 e. The highest BCUT2D eigenvalue weighted by Crippen LogP contribution is 2.20. The van der Waals surface area contributed by atoms with Crippen LogP contribution >= 0.6 is 0 Å². The maximum atomic E-state index is 12.4. The summed E-state index contributed by atoms with van der Waals surface area (Å²) in [5.41, 5.74) is 7.86. The summed E-state index contributed by atoms with van der Waals surface area (Å²) in [5, 5.41) is 0.976. The molecule has 100 valence electrons. The second-order valence-electron chi connectivity index (χ2n) is 5.36. The van der Waals surface area contributed by atoms with Gasteiger partial charge < -0.3 is 5.73 Å². The zero-order valence-electron chi connectivity index (χ0n) is 11.7. The molecule has 3 heteroatoms. The summed E-state index contributed by atoms with van der Waals surface area (Å²) < 4.78 is 0. The van der Waals surface area contributed by atoms with Gasteiger partial charge in [0.05, 0.1) is 11.1 Å². The third kappa shape index (κ3) is 2.82. The van der Waals surface area contributed by atoms with E-state index in [0.717, 1.165) is 23.0 Å². The van der Waals surface area contributed by atoms with Crippen molar-refractivity contribution in [2.75, 3.05) is 0 Å². The number of pyridine rings is 1. The molecule has 0 bridgehead atoms. The van der Waals surface area contributed by atoms with Gasteiger partial charge in [-0.1, -0.05) is 19.4 Å². The third-order valence-electron chi connectivity index (χ3n) is 3.38. The molecule has 0 aliphatic heterocycles. The normalized spacial score (nSPS) is 14.3. The summed E-state index contributed by atoms with van der Waals surface area (Å²) in [4.78, 5) is 16.9. The molecule has 2 aromatic rings. The lowest BCUT2D eigenvalue weighted by molar-refractivity contribution is 0.0893. The number of hydrogen-bond donors (Lipinski definition) is 1. The van der Waals surface area contributed by atoms with Gasteiger partial charge in [0.25, 0.3) is 0 Å². The molecule has 1 atom stereocenters. The lowest BCUT2D eigenvalue weighted by atomic mass is 9.88. The predicted octanol–water partition coefficient (Wildman–Crippen LogP) is 3.24. The lowest BCUT2D eigenvalue weighted by Gasteiger charge is -2.22. The molecule has 0 aliphatic carbocycles. The molecule has 1 heterocycles. The Kier molecular flexibility index (Phi) is 3.67. The van der Waals surface area contributed by atoms with Crippen molar-refractivity contribution in [3.63, 3.8) is 0 Å². The van der Waals surface area contributed by atoms with Gasteiger partial charge >= 0.3 is 0 Å². The summed E-state index contributed by atoms with van der Waals surface area (Å²) in [5.74, 6) is -0.00294. The van der Waals surface area contributed by atoms with Crippen molar-refractivity contribution in [1.29, 1.82) is 0 Å². The standard InChI is InChI=1S/C16H20N2O/c1-4-9-16(3,17)15(19)13-7-8-14-12(10-13)6-5-11(2)18-14/h5-8,10H,4,9,17H2,1-3H3. The van der Waals surface area contributed by atoms with Gasteiger partial charge in [-0.05, 0) is 44.5 Å². The van der Waals surface area contributed by atoms with Crippen LogP contribution in [0.15, 0.2) is 30.3 Å². The average Bonchev–Trinajstić information content (AvgIpc) is 2.37. The molecule has 0 fully saturated rings. The van der Waals surface area contributed by atoms with Crippen LogP contribution in [-0.2, 0) is 0 Å². The number of aromatic nitrogens is 1. The SMILES string of the molecule is CCCC(C)(N)C(=O)c1ccc2nc(C)ccc2c1. The van der Waals surface area contributed by atoms with Crippen LogP contribution in [0.5, 0.6) is 0 Å². The van der Waals surface area contributed by atoms with Crippen LogP contribution in [0.2, 0.25) is 0 Å². The van der Waals surface area contributed by atoms with E-state index in [2.05, 4.69) is 4.98 Å². The van der Waals surface area contributed by atoms with Crippen molar-refractivity contribution in [3.8, 4) is 0 Å². The number of ketones is 1. The Hall–Kier alpha value is -1.74. The first-order chi connectivity index (χ1) is 8.94. The Morgan fingerprint density at radius 1 is 1.32 bits per heavy atom. The zero-order valence-corrected chi connectivity index (χ0v) is 11.7. The molecular weight excluding hydrogens is 236 g/mol. The summed E-state index contributed by atoms with van der Waals surface area (Å²) in [6.07, 6.45) is 1.59. The molecule has 1 aromatic heterocycles. The lowest BCUT2D eigenvalue weighted by Crippen LogP contribution is -2.44. The maximum absolute atomic E-state index is 12.4. The van der Waals surface area contributed by atoms with Crippen molar-refractivity contribution in [3.05, 3.63) is 41.6 Å². The van der Waals surface area contributed by atoms with Crippen molar-refractivity contribution < 1.29 is 4.79 Å². The summed E-state index contributed by atoms with van der Waals surface area (Å²) in [6, 6.07) is 9.52. The predicted molar refractivity (Wildman–Crippen MR) is 78.3 cm³/mol. The molecule has 0 radical (unpaired) electrons. The first-order valence-corrected chi connectivity index (χ1v) is 6.65. The minimum absolute atomic E-state index is 0.00294. The highest BCUT2D eigenvalue weighted by atomic mass is 16.1. The largest absolute Gasteiger partial charge is 0.319 e. The van der Waals surface area contributed by atoms with E-state index in [1.807, 2.05) is 44.2 Å². The van der Waals surface area contributed by atoms with Crippen LogP contribution in [-0.4, -0.2) is 16.3 Å². The summed E-state index contributed by atoms with van der Waals surface area (Å²) >= 11 is 0. The quantitative estimate of drug-likeness (QED) is 0.854. The molecule has 0 saturated heterocycles. The van der Waals surface area contributed by atoms with Crippen LogP contribution in [0.1, 0.15) is 42.7 Å². The fourth-order valence-corrected chi connectivity index (χ4v) is 2.33. The monoisotopic (exact) mass is 256 g/mol. The Morgan fingerprint density at radius 3 is 2.74 bits per heavy atom. The number of fused-ring (bicyclic) bond motifs is 1. The molecule has 0 spiro atoms. The van der Waals surface area contributed by atoms with Crippen molar-refractivity contribution in [2.45, 2.75) is 39.2 Å². The maximum Gasteiger partial charge on any atom is 0.182 e. The molecule has 0 amide bonds. The third-order valence-corrected chi connectivity index (χ3v) is 3.38. The minimum atomic E-state index is -0.791. The second-order valence-corrected chi connectivity index (χ2v) is 5.36. The molecule has 1 unspecified atom stereocenters. The second kappa shape index (κ2) is 5.10. The Bertz CT molecular complexity index is 617. The Balaban J connectivity index is 2.41. The number of hydrogen-bond acceptors (Lipinski definition) is 3. The van der Waals surface area contributed by atoms with Crippen LogP contribution in [0.4, 0.5) is 0 Å². The molecule has 0 saturated carbocycles. The van der Waals surface area contributed by atoms with Gasteiger partial charge in [0, 0.05) is 16.6 Å². The number of Topliss-reactive ketones (excluding diaryl/α,β-unsaturated/α-hetero) is 1. The molecule has 1 aromatic carbocycles. The van der Waals surface area contributed by atoms with Crippen molar-refractivity contribution in [1.82, 2.24) is 4.98 Å². The van der Waals surface area contributed by atoms with Crippen LogP contribution in [0.3, 0.4) is 0 Å². The van der Waals surface area contributed by atoms with Crippen LogP contribution < -0.4 is 5.73 Å². The molecule has 19 heavy (non-hydrogen) atoms. The highest BCUT2D eigenvalue weighted by molar-refractivity contribution is 6.04. The average molecular weight is 256 g/mol. The van der Waals surface area contributed by atoms with Crippen LogP contribution in [0, 0.1) is 6.92 Å². The van der Waals surface area contributed by atoms with Crippen LogP contribution in [0.25, 0.3) is 10.9 Å². The number of aryl methyl sites for hydroxylation is 1. The molecule has 3 nitrogen and oxygen atoms in total. The van der Waals surface area contributed by atoms with E-state index in [-0.39, 0.29) is 5.78 Å². The van der Waals surface area contributed by atoms with Crippen molar-refractivity contribution in [2.24, 2.45) is 5.73 Å². The molecule has 0 aliphatic rings. The van der Waals surface area contributed by atoms with Gasteiger partial charge in [-0.2, -0.15) is 0 Å². The number of benzene rings is 1. The number of carbonyl (C=O) groups excluding carboxylic acids is 1. The summed E-state index contributed by atoms with van der Waals surface area (Å²) in [7, 11) is 0. The summed E-state index contributed by atoms with van der Waals surface area (Å²) in [6.45, 7) is 5.79. The molecule has 2 N–H and O–H groups in total. The fraction of sp³-hybridized carbons (Fsp3) is 0.375. The van der Waals surface area contributed by atoms with Gasteiger partial charge in [0.15, 0.2) is 5.78 Å². The zero-order chi connectivity index (χ0) is 14.0. The van der Waals surface area contributed by atoms with Gasteiger partial charge in [-0.3, -0.25) is 9.78 Å². The van der Waals surface area contributed by atoms with Gasteiger partial charge in [0.2, 0.25) is 0 Å². The number of nitrogens with zero attached hydrogens (tertiary/aromatic N) is 1. The van der Waals surface area contributed by atoms with E-state index in [4.69, 9.17) is 5.73 Å². The highest BCUT2D eigenvalue weighted by Gasteiger charge is 2.28. The molecule has 2 rings (SSSR count). The Labute approximate surface area is 113 Å². The fourth-order valence-electron chi connectivity index (χ4n) is 2.33. The topological polar surface area (TPSA) is 56.0 Å². The van der Waals surface area contributed by atoms with E-state index in [0.29, 0.717) is 12.0 Å². The number of carbonyl (C=O) groups is 1. The van der Waals surface area contributed by atoms with Gasteiger partial charge in [-0.15, -0.1) is 0 Å². The van der Waals surface area contributed by atoms with E-state index < -0.39 is 5.54 Å². The van der Waals surface area contributed by atoms with Gasteiger partial charge in [0.1, 0.15) is 0 Å². The van der Waals surface area contributed by atoms with Crippen molar-refractivity contribution >= 4 is 16.7 Å². The van der Waals surface area contributed by atoms with Gasteiger partial charge in [-0.25, -0.2) is 0 Å². The van der Waals surface area contributed by atoms with E-state index >= 15 is 0 Å². The first kappa shape index (κ1) is 13.7.